The lowest BCUT2D eigenvalue weighted by atomic mass is 10.1. The van der Waals surface area contributed by atoms with Crippen molar-refractivity contribution in [1.29, 1.82) is 0 Å². The summed E-state index contributed by atoms with van der Waals surface area (Å²) in [5.74, 6) is -1.20. The van der Waals surface area contributed by atoms with E-state index >= 15 is 0 Å². The maximum atomic E-state index is 12.2. The van der Waals surface area contributed by atoms with E-state index in [4.69, 9.17) is 23.2 Å². The lowest BCUT2D eigenvalue weighted by Crippen LogP contribution is -2.32. The molecule has 0 aliphatic rings. The second kappa shape index (κ2) is 7.34. The van der Waals surface area contributed by atoms with Crippen LogP contribution in [-0.2, 0) is 14.6 Å². The molecule has 2 aromatic carbocycles. The van der Waals surface area contributed by atoms with Gasteiger partial charge in [-0.1, -0.05) is 35.3 Å². The zero-order valence-electron chi connectivity index (χ0n) is 12.3. The third-order valence-corrected chi connectivity index (χ3v) is 5.34. The summed E-state index contributed by atoms with van der Waals surface area (Å²) >= 11 is 11.6. The zero-order valence-corrected chi connectivity index (χ0v) is 14.6. The molecule has 0 saturated carbocycles. The zero-order chi connectivity index (χ0) is 17.0. The van der Waals surface area contributed by atoms with E-state index in [0.717, 1.165) is 5.56 Å². The molecular formula is C16H15Cl2NO3S. The fourth-order valence-corrected chi connectivity index (χ4v) is 3.51. The van der Waals surface area contributed by atoms with Gasteiger partial charge >= 0.3 is 0 Å². The van der Waals surface area contributed by atoms with Gasteiger partial charge in [-0.05, 0) is 48.9 Å². The molecule has 0 fully saturated rings. The van der Waals surface area contributed by atoms with Crippen LogP contribution in [0.5, 0.6) is 0 Å². The van der Waals surface area contributed by atoms with Crippen LogP contribution in [0.1, 0.15) is 18.5 Å². The van der Waals surface area contributed by atoms with E-state index in [2.05, 4.69) is 5.32 Å². The van der Waals surface area contributed by atoms with Crippen molar-refractivity contribution in [3.63, 3.8) is 0 Å². The molecule has 1 N–H and O–H groups in total. The van der Waals surface area contributed by atoms with Gasteiger partial charge in [0.1, 0.15) is 5.75 Å². The second-order valence-electron chi connectivity index (χ2n) is 5.06. The van der Waals surface area contributed by atoms with E-state index in [1.165, 1.54) is 24.3 Å². The monoisotopic (exact) mass is 371 g/mol. The first-order valence-corrected chi connectivity index (χ1v) is 9.22. The Morgan fingerprint density at radius 2 is 1.74 bits per heavy atom. The minimum absolute atomic E-state index is 0.0625. The fraction of sp³-hybridized carbons (Fsp3) is 0.188. The predicted molar refractivity (Wildman–Crippen MR) is 91.5 cm³/mol. The molecule has 4 nitrogen and oxygen atoms in total. The molecule has 0 aliphatic carbocycles. The van der Waals surface area contributed by atoms with E-state index in [0.29, 0.717) is 10.0 Å². The summed E-state index contributed by atoms with van der Waals surface area (Å²) in [7, 11) is -3.71. The minimum atomic E-state index is -3.71. The maximum absolute atomic E-state index is 12.2. The molecule has 1 amide bonds. The molecule has 0 bridgehead atoms. The summed E-state index contributed by atoms with van der Waals surface area (Å²) < 4.78 is 24.4. The Balaban J connectivity index is 2.05. The van der Waals surface area contributed by atoms with Crippen LogP contribution in [0.4, 0.5) is 0 Å². The number of benzene rings is 2. The number of carbonyl (C=O) groups is 1. The van der Waals surface area contributed by atoms with Crippen molar-refractivity contribution < 1.29 is 13.2 Å². The van der Waals surface area contributed by atoms with Crippen LogP contribution >= 0.6 is 23.2 Å². The van der Waals surface area contributed by atoms with Crippen molar-refractivity contribution in [3.05, 3.63) is 64.1 Å². The molecule has 0 spiro atoms. The van der Waals surface area contributed by atoms with Gasteiger partial charge in [-0.2, -0.15) is 0 Å². The number of hydrogen-bond donors (Lipinski definition) is 1. The van der Waals surface area contributed by atoms with E-state index in [9.17, 15) is 13.2 Å². The molecule has 7 heteroatoms. The lowest BCUT2D eigenvalue weighted by molar-refractivity contribution is -0.119. The van der Waals surface area contributed by atoms with E-state index in [-0.39, 0.29) is 10.9 Å². The van der Waals surface area contributed by atoms with Crippen LogP contribution in [0.3, 0.4) is 0 Å². The molecule has 2 rings (SSSR count). The van der Waals surface area contributed by atoms with Gasteiger partial charge in [0.15, 0.2) is 9.84 Å². The number of halogens is 2. The molecule has 0 heterocycles. The van der Waals surface area contributed by atoms with Crippen molar-refractivity contribution in [2.45, 2.75) is 17.9 Å². The molecule has 0 radical (unpaired) electrons. The van der Waals surface area contributed by atoms with Crippen molar-refractivity contribution in [1.82, 2.24) is 5.32 Å². The Morgan fingerprint density at radius 3 is 2.35 bits per heavy atom. The number of sulfone groups is 1. The van der Waals surface area contributed by atoms with Gasteiger partial charge < -0.3 is 5.32 Å². The summed E-state index contributed by atoms with van der Waals surface area (Å²) in [4.78, 5) is 12.1. The van der Waals surface area contributed by atoms with Crippen molar-refractivity contribution in [3.8, 4) is 0 Å². The highest BCUT2D eigenvalue weighted by molar-refractivity contribution is 7.92. The maximum Gasteiger partial charge on any atom is 0.236 e. The lowest BCUT2D eigenvalue weighted by Gasteiger charge is -2.14. The van der Waals surface area contributed by atoms with E-state index in [1.807, 2.05) is 6.07 Å². The largest absolute Gasteiger partial charge is 0.349 e. The van der Waals surface area contributed by atoms with Crippen LogP contribution in [0, 0.1) is 0 Å². The highest BCUT2D eigenvalue weighted by atomic mass is 35.5. The number of amides is 1. The van der Waals surface area contributed by atoms with Gasteiger partial charge in [0, 0.05) is 10.0 Å². The third kappa shape index (κ3) is 4.96. The van der Waals surface area contributed by atoms with Crippen LogP contribution in [0.25, 0.3) is 0 Å². The molecule has 0 aromatic heterocycles. The van der Waals surface area contributed by atoms with Crippen LogP contribution in [0.2, 0.25) is 10.0 Å². The first-order valence-electron chi connectivity index (χ1n) is 6.81. The normalized spacial score (nSPS) is 12.7. The third-order valence-electron chi connectivity index (χ3n) is 3.22. The Labute approximate surface area is 145 Å². The molecule has 122 valence electrons. The summed E-state index contributed by atoms with van der Waals surface area (Å²) in [6.07, 6.45) is 0. The molecule has 1 atom stereocenters. The van der Waals surface area contributed by atoms with Gasteiger partial charge in [-0.15, -0.1) is 0 Å². The Hall–Kier alpha value is -1.56. The summed E-state index contributed by atoms with van der Waals surface area (Å²) in [5, 5.41) is 3.64. The molecular weight excluding hydrogens is 357 g/mol. The first-order chi connectivity index (χ1) is 10.8. The SMILES string of the molecule is CC(NC(=O)CS(=O)(=O)c1ccc(Cl)cc1)c1cccc(Cl)c1. The number of rotatable bonds is 5. The summed E-state index contributed by atoms with van der Waals surface area (Å²) in [5.41, 5.74) is 0.801. The quantitative estimate of drug-likeness (QED) is 0.872. The van der Waals surface area contributed by atoms with Crippen LogP contribution in [0.15, 0.2) is 53.4 Å². The van der Waals surface area contributed by atoms with E-state index in [1.54, 1.807) is 25.1 Å². The highest BCUT2D eigenvalue weighted by Gasteiger charge is 2.20. The van der Waals surface area contributed by atoms with Crippen molar-refractivity contribution in [2.75, 3.05) is 5.75 Å². The standard InChI is InChI=1S/C16H15Cl2NO3S/c1-11(12-3-2-4-14(18)9-12)19-16(20)10-23(21,22)15-7-5-13(17)6-8-15/h2-9,11H,10H2,1H3,(H,19,20). The van der Waals surface area contributed by atoms with E-state index < -0.39 is 21.5 Å². The van der Waals surface area contributed by atoms with Gasteiger partial charge in [-0.25, -0.2) is 8.42 Å². The Morgan fingerprint density at radius 1 is 1.09 bits per heavy atom. The second-order valence-corrected chi connectivity index (χ2v) is 7.92. The number of hydrogen-bond acceptors (Lipinski definition) is 3. The minimum Gasteiger partial charge on any atom is -0.349 e. The average molecular weight is 372 g/mol. The predicted octanol–water partition coefficient (Wildman–Crippen LogP) is 3.64. The summed E-state index contributed by atoms with van der Waals surface area (Å²) in [6.45, 7) is 1.76. The fourth-order valence-electron chi connectivity index (χ4n) is 2.04. The number of nitrogens with one attached hydrogen (secondary N) is 1. The first kappa shape index (κ1) is 17.8. The van der Waals surface area contributed by atoms with Crippen LogP contribution < -0.4 is 5.32 Å². The molecule has 0 saturated heterocycles. The highest BCUT2D eigenvalue weighted by Crippen LogP contribution is 2.18. The molecule has 2 aromatic rings. The molecule has 1 unspecified atom stereocenters. The van der Waals surface area contributed by atoms with Gasteiger partial charge in [0.05, 0.1) is 10.9 Å². The topological polar surface area (TPSA) is 63.2 Å². The number of carbonyl (C=O) groups excluding carboxylic acids is 1. The van der Waals surface area contributed by atoms with Gasteiger partial charge in [-0.3, -0.25) is 4.79 Å². The molecule has 23 heavy (non-hydrogen) atoms. The average Bonchev–Trinajstić information content (AvgIpc) is 2.47. The van der Waals surface area contributed by atoms with Gasteiger partial charge in [0.25, 0.3) is 0 Å². The van der Waals surface area contributed by atoms with Crippen LogP contribution in [-0.4, -0.2) is 20.1 Å². The van der Waals surface area contributed by atoms with Gasteiger partial charge in [0.2, 0.25) is 5.91 Å². The Bertz CT molecular complexity index is 804. The summed E-state index contributed by atoms with van der Waals surface area (Å²) in [6, 6.07) is 12.4. The van der Waals surface area contributed by atoms with Crippen molar-refractivity contribution in [2.24, 2.45) is 0 Å². The van der Waals surface area contributed by atoms with Crippen molar-refractivity contribution >= 4 is 38.9 Å². The Kier molecular flexibility index (Phi) is 5.68. The smallest absolute Gasteiger partial charge is 0.236 e. The molecule has 0 aliphatic heterocycles.